The highest BCUT2D eigenvalue weighted by Crippen LogP contribution is 2.41. The first kappa shape index (κ1) is 19.9. The van der Waals surface area contributed by atoms with Crippen LogP contribution in [0.5, 0.6) is 0 Å². The molecule has 0 fully saturated rings. The van der Waals surface area contributed by atoms with Gasteiger partial charge in [-0.15, -0.1) is 0 Å². The molecule has 2 heteroatoms. The van der Waals surface area contributed by atoms with Gasteiger partial charge in [-0.2, -0.15) is 0 Å². The highest BCUT2D eigenvalue weighted by molar-refractivity contribution is 5.91. The third-order valence-corrected chi connectivity index (χ3v) is 5.95. The summed E-state index contributed by atoms with van der Waals surface area (Å²) < 4.78 is 2.43. The van der Waals surface area contributed by atoms with Crippen molar-refractivity contribution in [2.75, 3.05) is 5.73 Å². The molecular formula is C30H26N2. The van der Waals surface area contributed by atoms with Crippen LogP contribution in [0.4, 0.5) is 5.69 Å². The summed E-state index contributed by atoms with van der Waals surface area (Å²) in [5, 5.41) is 0. The van der Waals surface area contributed by atoms with Gasteiger partial charge in [0.15, 0.2) is 0 Å². The van der Waals surface area contributed by atoms with E-state index >= 15 is 0 Å². The number of rotatable bonds is 5. The minimum Gasteiger partial charge on any atom is -0.399 e. The summed E-state index contributed by atoms with van der Waals surface area (Å²) in [7, 11) is 0. The molecule has 0 amide bonds. The fraction of sp³-hybridized carbons (Fsp3) is 0.0667. The van der Waals surface area contributed by atoms with Gasteiger partial charge in [0.05, 0.1) is 5.69 Å². The van der Waals surface area contributed by atoms with E-state index in [2.05, 4.69) is 109 Å². The van der Waals surface area contributed by atoms with Crippen molar-refractivity contribution < 1.29 is 0 Å². The van der Waals surface area contributed by atoms with Crippen LogP contribution in [0.3, 0.4) is 0 Å². The quantitative estimate of drug-likeness (QED) is 0.293. The third-order valence-electron chi connectivity index (χ3n) is 5.95. The van der Waals surface area contributed by atoms with E-state index in [1.54, 1.807) is 0 Å². The van der Waals surface area contributed by atoms with Gasteiger partial charge in [0.25, 0.3) is 0 Å². The van der Waals surface area contributed by atoms with Gasteiger partial charge in [-0.3, -0.25) is 0 Å². The number of anilines is 1. The summed E-state index contributed by atoms with van der Waals surface area (Å²) in [6.07, 6.45) is 0. The minimum atomic E-state index is 0.776. The highest BCUT2D eigenvalue weighted by Gasteiger charge is 2.20. The minimum absolute atomic E-state index is 0.776. The highest BCUT2D eigenvalue weighted by atomic mass is 15.0. The van der Waals surface area contributed by atoms with Crippen LogP contribution in [0, 0.1) is 0 Å². The SMILES string of the molecule is CCn1c(-c2ccccc2-c2cccc(N)c2)cc(-c2ccccc2)c1-c1ccccc1. The molecule has 156 valence electrons. The van der Waals surface area contributed by atoms with Crippen LogP contribution in [-0.4, -0.2) is 4.57 Å². The molecule has 0 aliphatic carbocycles. The first-order chi connectivity index (χ1) is 15.8. The number of aromatic nitrogens is 1. The molecule has 0 unspecified atom stereocenters. The van der Waals surface area contributed by atoms with E-state index in [0.717, 1.165) is 17.8 Å². The monoisotopic (exact) mass is 414 g/mol. The van der Waals surface area contributed by atoms with E-state index in [1.807, 2.05) is 18.2 Å². The molecule has 0 bridgehead atoms. The molecule has 0 saturated carbocycles. The van der Waals surface area contributed by atoms with Gasteiger partial charge in [0.1, 0.15) is 0 Å². The molecule has 2 N–H and O–H groups in total. The molecule has 2 nitrogen and oxygen atoms in total. The second kappa shape index (κ2) is 8.60. The Kier molecular flexibility index (Phi) is 5.35. The van der Waals surface area contributed by atoms with Crippen LogP contribution < -0.4 is 5.73 Å². The molecule has 5 rings (SSSR count). The Morgan fingerprint density at radius 3 is 1.81 bits per heavy atom. The zero-order chi connectivity index (χ0) is 21.9. The van der Waals surface area contributed by atoms with Crippen molar-refractivity contribution in [1.82, 2.24) is 4.57 Å². The number of nitrogens with zero attached hydrogens (tertiary/aromatic N) is 1. The van der Waals surface area contributed by atoms with Gasteiger partial charge in [-0.05, 0) is 47.4 Å². The summed E-state index contributed by atoms with van der Waals surface area (Å²) in [6, 6.07) is 40.4. The van der Waals surface area contributed by atoms with Crippen LogP contribution in [0.15, 0.2) is 115 Å². The standard InChI is InChI=1S/C30H26N2/c1-2-32-29(27-19-10-9-18-26(27)24-16-11-17-25(31)20-24)21-28(22-12-5-3-6-13-22)30(32)23-14-7-4-8-15-23/h3-21H,2,31H2,1H3. The molecule has 0 atom stereocenters. The zero-order valence-corrected chi connectivity index (χ0v) is 18.2. The maximum atomic E-state index is 6.12. The van der Waals surface area contributed by atoms with Gasteiger partial charge in [0, 0.05) is 29.1 Å². The largest absolute Gasteiger partial charge is 0.399 e. The Labute approximate surface area is 189 Å². The lowest BCUT2D eigenvalue weighted by molar-refractivity contribution is 0.785. The predicted molar refractivity (Wildman–Crippen MR) is 136 cm³/mol. The lowest BCUT2D eigenvalue weighted by Gasteiger charge is -2.16. The van der Waals surface area contributed by atoms with Crippen LogP contribution >= 0.6 is 0 Å². The van der Waals surface area contributed by atoms with Crippen molar-refractivity contribution in [3.05, 3.63) is 115 Å². The van der Waals surface area contributed by atoms with Crippen LogP contribution in [-0.2, 0) is 6.54 Å². The maximum absolute atomic E-state index is 6.12. The lowest BCUT2D eigenvalue weighted by Crippen LogP contribution is -2.01. The van der Waals surface area contributed by atoms with Crippen molar-refractivity contribution in [3.8, 4) is 44.8 Å². The molecule has 32 heavy (non-hydrogen) atoms. The summed E-state index contributed by atoms with van der Waals surface area (Å²) in [5.74, 6) is 0. The summed E-state index contributed by atoms with van der Waals surface area (Å²) in [6.45, 7) is 3.09. The van der Waals surface area contributed by atoms with E-state index in [4.69, 9.17) is 5.73 Å². The first-order valence-electron chi connectivity index (χ1n) is 11.1. The normalized spacial score (nSPS) is 10.9. The van der Waals surface area contributed by atoms with Crippen molar-refractivity contribution in [2.45, 2.75) is 13.5 Å². The number of nitrogen functional groups attached to an aromatic ring is 1. The number of nitrogens with two attached hydrogens (primary N) is 1. The molecule has 4 aromatic carbocycles. The average molecular weight is 415 g/mol. The Bertz CT molecular complexity index is 1350. The smallest absolute Gasteiger partial charge is 0.0564 e. The molecule has 1 aromatic heterocycles. The molecular weight excluding hydrogens is 388 g/mol. The molecule has 0 radical (unpaired) electrons. The van der Waals surface area contributed by atoms with Gasteiger partial charge in [0.2, 0.25) is 0 Å². The fourth-order valence-electron chi connectivity index (χ4n) is 4.51. The van der Waals surface area contributed by atoms with Crippen LogP contribution in [0.1, 0.15) is 6.92 Å². The van der Waals surface area contributed by atoms with Crippen molar-refractivity contribution >= 4 is 5.69 Å². The van der Waals surface area contributed by atoms with Gasteiger partial charge >= 0.3 is 0 Å². The Hall–Kier alpha value is -4.04. The van der Waals surface area contributed by atoms with Gasteiger partial charge in [-0.1, -0.05) is 97.1 Å². The molecule has 0 aliphatic heterocycles. The molecule has 5 aromatic rings. The first-order valence-corrected chi connectivity index (χ1v) is 11.1. The lowest BCUT2D eigenvalue weighted by atomic mass is 9.96. The molecule has 0 saturated heterocycles. The summed E-state index contributed by atoms with van der Waals surface area (Å²) in [5.41, 5.74) is 16.6. The van der Waals surface area contributed by atoms with Crippen molar-refractivity contribution in [2.24, 2.45) is 0 Å². The Morgan fingerprint density at radius 2 is 1.16 bits per heavy atom. The van der Waals surface area contributed by atoms with Gasteiger partial charge < -0.3 is 10.3 Å². The maximum Gasteiger partial charge on any atom is 0.0564 e. The molecule has 0 spiro atoms. The van der Waals surface area contributed by atoms with E-state index < -0.39 is 0 Å². The Balaban J connectivity index is 1.80. The van der Waals surface area contributed by atoms with E-state index in [9.17, 15) is 0 Å². The van der Waals surface area contributed by atoms with E-state index in [0.29, 0.717) is 0 Å². The fourth-order valence-corrected chi connectivity index (χ4v) is 4.51. The van der Waals surface area contributed by atoms with E-state index in [-0.39, 0.29) is 0 Å². The molecule has 0 aliphatic rings. The van der Waals surface area contributed by atoms with Crippen LogP contribution in [0.2, 0.25) is 0 Å². The Morgan fingerprint density at radius 1 is 0.562 bits per heavy atom. The van der Waals surface area contributed by atoms with Crippen LogP contribution in [0.25, 0.3) is 44.8 Å². The zero-order valence-electron chi connectivity index (χ0n) is 18.2. The number of benzene rings is 4. The predicted octanol–water partition coefficient (Wildman–Crippen LogP) is 7.76. The molecule has 1 heterocycles. The van der Waals surface area contributed by atoms with Crippen molar-refractivity contribution in [1.29, 1.82) is 0 Å². The number of hydrogen-bond acceptors (Lipinski definition) is 1. The number of hydrogen-bond donors (Lipinski definition) is 1. The topological polar surface area (TPSA) is 30.9 Å². The second-order valence-corrected chi connectivity index (χ2v) is 7.94. The van der Waals surface area contributed by atoms with Crippen molar-refractivity contribution in [3.63, 3.8) is 0 Å². The third kappa shape index (κ3) is 3.61. The summed E-state index contributed by atoms with van der Waals surface area (Å²) >= 11 is 0. The van der Waals surface area contributed by atoms with E-state index in [1.165, 1.54) is 39.2 Å². The summed E-state index contributed by atoms with van der Waals surface area (Å²) in [4.78, 5) is 0. The average Bonchev–Trinajstić information content (AvgIpc) is 3.25. The second-order valence-electron chi connectivity index (χ2n) is 7.94. The van der Waals surface area contributed by atoms with Gasteiger partial charge in [-0.25, -0.2) is 0 Å².